The first-order valence-electron chi connectivity index (χ1n) is 9.92. The maximum absolute atomic E-state index is 13.4. The summed E-state index contributed by atoms with van der Waals surface area (Å²) in [6, 6.07) is 7.40. The molecule has 7 heteroatoms. The number of aromatic nitrogens is 3. The molecule has 0 radical (unpaired) electrons. The molecule has 3 aromatic heterocycles. The molecule has 1 aliphatic rings. The van der Waals surface area contributed by atoms with E-state index in [-0.39, 0.29) is 17.5 Å². The minimum atomic E-state index is -0.146. The van der Waals surface area contributed by atoms with Gasteiger partial charge in [0.2, 0.25) is 0 Å². The standard InChI is InChI=1S/C21H26N4O3/c1-15-8-3-5-10-23(15)21(27)17-14-16-19(24(17)12-7-13-28-2)22-18-9-4-6-11-25(18)20(16)26/h4,6,9,11,14-15H,3,5,7-8,10,12-13H2,1-2H3/t15-/m0/s1. The van der Waals surface area contributed by atoms with Crippen molar-refractivity contribution in [1.82, 2.24) is 18.9 Å². The molecule has 0 aromatic carbocycles. The molecule has 0 unspecified atom stereocenters. The van der Waals surface area contributed by atoms with Crippen LogP contribution < -0.4 is 5.56 Å². The zero-order valence-corrected chi connectivity index (χ0v) is 16.4. The third kappa shape index (κ3) is 3.20. The highest BCUT2D eigenvalue weighted by Gasteiger charge is 2.28. The SMILES string of the molecule is COCCCn1c(C(=O)N2CCCC[C@@H]2C)cc2c(=O)n3ccccc3nc21. The molecular formula is C21H26N4O3. The molecule has 148 valence electrons. The van der Waals surface area contributed by atoms with Crippen LogP contribution >= 0.6 is 0 Å². The van der Waals surface area contributed by atoms with Crippen molar-refractivity contribution in [2.45, 2.75) is 45.2 Å². The van der Waals surface area contributed by atoms with E-state index in [1.165, 1.54) is 4.40 Å². The lowest BCUT2D eigenvalue weighted by atomic mass is 10.0. The van der Waals surface area contributed by atoms with Crippen molar-refractivity contribution in [2.75, 3.05) is 20.3 Å². The van der Waals surface area contributed by atoms with Crippen LogP contribution in [0.2, 0.25) is 0 Å². The van der Waals surface area contributed by atoms with E-state index in [4.69, 9.17) is 9.72 Å². The van der Waals surface area contributed by atoms with E-state index in [0.29, 0.717) is 35.5 Å². The van der Waals surface area contributed by atoms with Crippen LogP contribution in [0.15, 0.2) is 35.3 Å². The van der Waals surface area contributed by atoms with Crippen molar-refractivity contribution in [3.63, 3.8) is 0 Å². The molecule has 0 spiro atoms. The average molecular weight is 382 g/mol. The van der Waals surface area contributed by atoms with Gasteiger partial charge in [0.15, 0.2) is 0 Å². The van der Waals surface area contributed by atoms with Crippen molar-refractivity contribution >= 4 is 22.6 Å². The largest absolute Gasteiger partial charge is 0.385 e. The quantitative estimate of drug-likeness (QED) is 0.636. The smallest absolute Gasteiger partial charge is 0.270 e. The number of hydrogen-bond donors (Lipinski definition) is 0. The number of pyridine rings is 1. The number of piperidine rings is 1. The molecule has 0 aliphatic carbocycles. The number of methoxy groups -OCH3 is 1. The molecule has 1 aliphatic heterocycles. The maximum atomic E-state index is 13.4. The molecule has 4 rings (SSSR count). The first-order valence-corrected chi connectivity index (χ1v) is 9.92. The van der Waals surface area contributed by atoms with E-state index in [0.717, 1.165) is 32.2 Å². The number of amides is 1. The van der Waals surface area contributed by atoms with E-state index in [2.05, 4.69) is 6.92 Å². The molecule has 7 nitrogen and oxygen atoms in total. The Labute approximate surface area is 163 Å². The topological polar surface area (TPSA) is 68.8 Å². The fourth-order valence-electron chi connectivity index (χ4n) is 4.07. The summed E-state index contributed by atoms with van der Waals surface area (Å²) in [4.78, 5) is 33.0. The molecule has 0 N–H and O–H groups in total. The van der Waals surface area contributed by atoms with Gasteiger partial charge in [-0.3, -0.25) is 14.0 Å². The Kier molecular flexibility index (Phi) is 5.17. The minimum Gasteiger partial charge on any atom is -0.385 e. The molecule has 1 amide bonds. The summed E-state index contributed by atoms with van der Waals surface area (Å²) in [5.74, 6) is -0.0175. The Balaban J connectivity index is 1.87. The van der Waals surface area contributed by atoms with Crippen LogP contribution in [0.25, 0.3) is 16.7 Å². The zero-order chi connectivity index (χ0) is 19.7. The van der Waals surface area contributed by atoms with Gasteiger partial charge < -0.3 is 14.2 Å². The second-order valence-electron chi connectivity index (χ2n) is 7.45. The highest BCUT2D eigenvalue weighted by molar-refractivity contribution is 5.98. The van der Waals surface area contributed by atoms with Gasteiger partial charge >= 0.3 is 0 Å². The summed E-state index contributed by atoms with van der Waals surface area (Å²) in [5, 5.41) is 0.481. The number of carbonyl (C=O) groups is 1. The van der Waals surface area contributed by atoms with Gasteiger partial charge in [0.1, 0.15) is 17.0 Å². The molecule has 28 heavy (non-hydrogen) atoms. The molecule has 1 fully saturated rings. The van der Waals surface area contributed by atoms with E-state index >= 15 is 0 Å². The van der Waals surface area contributed by atoms with Crippen molar-refractivity contribution in [1.29, 1.82) is 0 Å². The summed E-state index contributed by atoms with van der Waals surface area (Å²) in [6.45, 7) is 4.01. The zero-order valence-electron chi connectivity index (χ0n) is 16.4. The highest BCUT2D eigenvalue weighted by atomic mass is 16.5. The van der Waals surface area contributed by atoms with Crippen LogP contribution in [0.1, 0.15) is 43.1 Å². The summed E-state index contributed by atoms with van der Waals surface area (Å²) in [7, 11) is 1.66. The van der Waals surface area contributed by atoms with E-state index < -0.39 is 0 Å². The molecule has 3 aromatic rings. The summed E-state index contributed by atoms with van der Waals surface area (Å²) in [5.41, 5.74) is 1.55. The summed E-state index contributed by atoms with van der Waals surface area (Å²) in [6.07, 6.45) is 5.63. The van der Waals surface area contributed by atoms with Gasteiger partial charge in [0.25, 0.3) is 11.5 Å². The lowest BCUT2D eigenvalue weighted by Crippen LogP contribution is -2.42. The van der Waals surface area contributed by atoms with Crippen LogP contribution in [0, 0.1) is 0 Å². The fraction of sp³-hybridized carbons (Fsp3) is 0.476. The number of hydrogen-bond acceptors (Lipinski definition) is 4. The lowest BCUT2D eigenvalue weighted by molar-refractivity contribution is 0.0624. The molecule has 1 saturated heterocycles. The number of rotatable bonds is 5. The van der Waals surface area contributed by atoms with E-state index in [9.17, 15) is 9.59 Å². The Bertz CT molecular complexity index is 1070. The molecule has 0 bridgehead atoms. The third-order valence-corrected chi connectivity index (χ3v) is 5.59. The Morgan fingerprint density at radius 2 is 2.18 bits per heavy atom. The van der Waals surface area contributed by atoms with E-state index in [1.54, 1.807) is 25.4 Å². The molecular weight excluding hydrogens is 356 g/mol. The van der Waals surface area contributed by atoms with Crippen LogP contribution in [-0.2, 0) is 11.3 Å². The number of aryl methyl sites for hydroxylation is 1. The summed E-state index contributed by atoms with van der Waals surface area (Å²) >= 11 is 0. The second-order valence-corrected chi connectivity index (χ2v) is 7.45. The van der Waals surface area contributed by atoms with Gasteiger partial charge in [0, 0.05) is 39.0 Å². The van der Waals surface area contributed by atoms with Gasteiger partial charge in [-0.1, -0.05) is 6.07 Å². The Morgan fingerprint density at radius 1 is 1.32 bits per heavy atom. The lowest BCUT2D eigenvalue weighted by Gasteiger charge is -2.33. The minimum absolute atomic E-state index is 0.0175. The summed E-state index contributed by atoms with van der Waals surface area (Å²) < 4.78 is 8.61. The highest BCUT2D eigenvalue weighted by Crippen LogP contribution is 2.23. The van der Waals surface area contributed by atoms with Crippen LogP contribution in [-0.4, -0.2) is 51.1 Å². The fourth-order valence-corrected chi connectivity index (χ4v) is 4.07. The van der Waals surface area contributed by atoms with Crippen LogP contribution in [0.5, 0.6) is 0 Å². The van der Waals surface area contributed by atoms with Gasteiger partial charge in [-0.05, 0) is 50.8 Å². The number of nitrogens with zero attached hydrogens (tertiary/aromatic N) is 4. The van der Waals surface area contributed by atoms with Crippen LogP contribution in [0.3, 0.4) is 0 Å². The number of carbonyl (C=O) groups excluding carboxylic acids is 1. The number of fused-ring (bicyclic) bond motifs is 2. The van der Waals surface area contributed by atoms with Crippen molar-refractivity contribution in [2.24, 2.45) is 0 Å². The van der Waals surface area contributed by atoms with Gasteiger partial charge in [0.05, 0.1) is 5.39 Å². The van der Waals surface area contributed by atoms with Gasteiger partial charge in [-0.2, -0.15) is 0 Å². The third-order valence-electron chi connectivity index (χ3n) is 5.59. The normalized spacial score (nSPS) is 17.5. The van der Waals surface area contributed by atoms with E-state index in [1.807, 2.05) is 21.6 Å². The van der Waals surface area contributed by atoms with Crippen molar-refractivity contribution in [3.05, 3.63) is 46.5 Å². The van der Waals surface area contributed by atoms with Crippen molar-refractivity contribution < 1.29 is 9.53 Å². The van der Waals surface area contributed by atoms with Gasteiger partial charge in [-0.15, -0.1) is 0 Å². The number of likely N-dealkylation sites (tertiary alicyclic amines) is 1. The molecule has 4 heterocycles. The molecule has 1 atom stereocenters. The number of ether oxygens (including phenoxy) is 1. The first kappa shape index (κ1) is 18.7. The monoisotopic (exact) mass is 382 g/mol. The predicted molar refractivity (Wildman–Crippen MR) is 108 cm³/mol. The average Bonchev–Trinajstić information content (AvgIpc) is 3.07. The maximum Gasteiger partial charge on any atom is 0.270 e. The Hall–Kier alpha value is -2.67. The molecule has 0 saturated carbocycles. The van der Waals surface area contributed by atoms with Crippen LogP contribution in [0.4, 0.5) is 0 Å². The first-order chi connectivity index (χ1) is 13.6. The van der Waals surface area contributed by atoms with Crippen molar-refractivity contribution in [3.8, 4) is 0 Å². The van der Waals surface area contributed by atoms with Gasteiger partial charge in [-0.25, -0.2) is 4.98 Å². The Morgan fingerprint density at radius 3 is 2.96 bits per heavy atom. The second kappa shape index (κ2) is 7.75. The predicted octanol–water partition coefficient (Wildman–Crippen LogP) is 2.70.